The zero-order valence-electron chi connectivity index (χ0n) is 16.3. The van der Waals surface area contributed by atoms with Crippen LogP contribution in [0.1, 0.15) is 5.56 Å². The Hall–Kier alpha value is -2.55. The van der Waals surface area contributed by atoms with E-state index < -0.39 is 0 Å². The summed E-state index contributed by atoms with van der Waals surface area (Å²) in [6.07, 6.45) is 2.33. The molecule has 0 radical (unpaired) electrons. The van der Waals surface area contributed by atoms with Gasteiger partial charge in [0, 0.05) is 42.0 Å². The fourth-order valence-electron chi connectivity index (χ4n) is 3.51. The van der Waals surface area contributed by atoms with E-state index in [9.17, 15) is 4.79 Å². The summed E-state index contributed by atoms with van der Waals surface area (Å²) < 4.78 is 8.39. The van der Waals surface area contributed by atoms with E-state index in [-0.39, 0.29) is 11.9 Å². The number of rotatable bonds is 6. The van der Waals surface area contributed by atoms with Gasteiger partial charge in [0.05, 0.1) is 16.4 Å². The third-order valence-corrected chi connectivity index (χ3v) is 5.73. The van der Waals surface area contributed by atoms with Gasteiger partial charge in [-0.25, -0.2) is 0 Å². The molecule has 9 heteroatoms. The van der Waals surface area contributed by atoms with Crippen molar-refractivity contribution in [3.63, 3.8) is 0 Å². The number of aromatic nitrogens is 2. The van der Waals surface area contributed by atoms with Crippen LogP contribution in [0.4, 0.5) is 11.4 Å². The van der Waals surface area contributed by atoms with Gasteiger partial charge >= 0.3 is 0 Å². The largest absolute Gasteiger partial charge is 0.492 e. The van der Waals surface area contributed by atoms with Crippen molar-refractivity contribution in [2.24, 2.45) is 12.8 Å². The summed E-state index contributed by atoms with van der Waals surface area (Å²) in [6.45, 7) is 0.795. The number of nitrogens with two attached hydrogens (primary N) is 1. The Morgan fingerprint density at radius 2 is 2.23 bits per heavy atom. The van der Waals surface area contributed by atoms with Gasteiger partial charge < -0.3 is 21.1 Å². The SMILES string of the molecule is Cn1ncc(Br)c1-c1cc(NC(=O)C2Cc3ccc(Cl)cc3N2)ccc1OCCN. The number of hydrogen-bond acceptors (Lipinski definition) is 5. The molecule has 1 aliphatic heterocycles. The highest BCUT2D eigenvalue weighted by atomic mass is 79.9. The standard InChI is InChI=1S/C21H21BrClN5O2/c1-28-20(16(22)11-25-28)15-10-14(4-5-19(15)30-7-6-24)26-21(29)18-8-12-2-3-13(23)9-17(12)27-18/h2-5,9-11,18,27H,6-8,24H2,1H3,(H,26,29). The molecule has 2 heterocycles. The number of aryl methyl sites for hydroxylation is 1. The smallest absolute Gasteiger partial charge is 0.247 e. The molecule has 3 aromatic rings. The van der Waals surface area contributed by atoms with E-state index in [1.807, 2.05) is 43.4 Å². The number of nitrogens with zero attached hydrogens (tertiary/aromatic N) is 2. The average molecular weight is 491 g/mol. The second-order valence-electron chi connectivity index (χ2n) is 7.00. The second kappa shape index (κ2) is 8.67. The van der Waals surface area contributed by atoms with Crippen LogP contribution < -0.4 is 21.1 Å². The van der Waals surface area contributed by atoms with E-state index in [0.29, 0.717) is 36.0 Å². The molecule has 0 aliphatic carbocycles. The Morgan fingerprint density at radius 1 is 1.40 bits per heavy atom. The lowest BCUT2D eigenvalue weighted by atomic mass is 10.1. The van der Waals surface area contributed by atoms with E-state index in [1.165, 1.54) is 0 Å². The van der Waals surface area contributed by atoms with Crippen LogP contribution in [0.2, 0.25) is 5.02 Å². The van der Waals surface area contributed by atoms with Crippen molar-refractivity contribution in [1.82, 2.24) is 9.78 Å². The molecule has 1 aromatic heterocycles. The van der Waals surface area contributed by atoms with Crippen molar-refractivity contribution >= 4 is 44.8 Å². The third-order valence-electron chi connectivity index (χ3n) is 4.91. The van der Waals surface area contributed by atoms with Gasteiger partial charge in [-0.05, 0) is 51.8 Å². The summed E-state index contributed by atoms with van der Waals surface area (Å²) in [5.74, 6) is 0.553. The van der Waals surface area contributed by atoms with Crippen LogP contribution in [0.3, 0.4) is 0 Å². The van der Waals surface area contributed by atoms with Crippen LogP contribution >= 0.6 is 27.5 Å². The summed E-state index contributed by atoms with van der Waals surface area (Å²) in [7, 11) is 1.85. The minimum Gasteiger partial charge on any atom is -0.492 e. The van der Waals surface area contributed by atoms with E-state index in [0.717, 1.165) is 27.0 Å². The lowest BCUT2D eigenvalue weighted by Crippen LogP contribution is -2.32. The minimum absolute atomic E-state index is 0.118. The summed E-state index contributed by atoms with van der Waals surface area (Å²) in [6, 6.07) is 10.8. The Balaban J connectivity index is 1.58. The van der Waals surface area contributed by atoms with Gasteiger partial charge in [0.1, 0.15) is 18.4 Å². The number of benzene rings is 2. The monoisotopic (exact) mass is 489 g/mol. The minimum atomic E-state index is -0.362. The first-order valence-electron chi connectivity index (χ1n) is 9.47. The molecule has 30 heavy (non-hydrogen) atoms. The highest BCUT2D eigenvalue weighted by Gasteiger charge is 2.27. The molecule has 4 rings (SSSR count). The summed E-state index contributed by atoms with van der Waals surface area (Å²) in [5.41, 5.74) is 9.88. The highest BCUT2D eigenvalue weighted by Crippen LogP contribution is 2.37. The maximum atomic E-state index is 12.9. The van der Waals surface area contributed by atoms with E-state index in [2.05, 4.69) is 31.7 Å². The maximum absolute atomic E-state index is 12.9. The first-order valence-corrected chi connectivity index (χ1v) is 10.6. The van der Waals surface area contributed by atoms with Gasteiger partial charge in [0.15, 0.2) is 0 Å². The zero-order valence-corrected chi connectivity index (χ0v) is 18.6. The van der Waals surface area contributed by atoms with E-state index in [1.54, 1.807) is 10.9 Å². The molecule has 1 unspecified atom stereocenters. The molecule has 2 aromatic carbocycles. The zero-order chi connectivity index (χ0) is 21.3. The molecule has 1 aliphatic rings. The van der Waals surface area contributed by atoms with Crippen LogP contribution in [-0.2, 0) is 18.3 Å². The van der Waals surface area contributed by atoms with Crippen molar-refractivity contribution < 1.29 is 9.53 Å². The van der Waals surface area contributed by atoms with Crippen LogP contribution in [-0.4, -0.2) is 34.9 Å². The van der Waals surface area contributed by atoms with Gasteiger partial charge in [-0.1, -0.05) is 17.7 Å². The number of halogens is 2. The molecule has 0 bridgehead atoms. The average Bonchev–Trinajstić information content (AvgIpc) is 3.29. The predicted octanol–water partition coefficient (Wildman–Crippen LogP) is 3.82. The van der Waals surface area contributed by atoms with Crippen LogP contribution in [0.5, 0.6) is 5.75 Å². The molecule has 4 N–H and O–H groups in total. The molecule has 0 saturated heterocycles. The Bertz CT molecular complexity index is 1080. The van der Waals surface area contributed by atoms with Crippen molar-refractivity contribution in [3.8, 4) is 17.0 Å². The first kappa shape index (κ1) is 20.7. The third kappa shape index (κ3) is 4.16. The van der Waals surface area contributed by atoms with Crippen LogP contribution in [0, 0.1) is 0 Å². The number of carbonyl (C=O) groups is 1. The van der Waals surface area contributed by atoms with Crippen molar-refractivity contribution in [2.45, 2.75) is 12.5 Å². The molecular formula is C21H21BrClN5O2. The van der Waals surface area contributed by atoms with Gasteiger partial charge in [0.2, 0.25) is 5.91 Å². The first-order chi connectivity index (χ1) is 14.5. The van der Waals surface area contributed by atoms with Crippen molar-refractivity contribution in [1.29, 1.82) is 0 Å². The molecule has 7 nitrogen and oxygen atoms in total. The highest BCUT2D eigenvalue weighted by molar-refractivity contribution is 9.10. The summed E-state index contributed by atoms with van der Waals surface area (Å²) >= 11 is 9.59. The topological polar surface area (TPSA) is 94.2 Å². The molecule has 156 valence electrons. The Morgan fingerprint density at radius 3 is 2.97 bits per heavy atom. The molecule has 0 fully saturated rings. The second-order valence-corrected chi connectivity index (χ2v) is 8.30. The number of amides is 1. The lowest BCUT2D eigenvalue weighted by Gasteiger charge is -2.16. The summed E-state index contributed by atoms with van der Waals surface area (Å²) in [4.78, 5) is 12.9. The van der Waals surface area contributed by atoms with Gasteiger partial charge in [-0.15, -0.1) is 0 Å². The quantitative estimate of drug-likeness (QED) is 0.488. The molecule has 0 saturated carbocycles. The van der Waals surface area contributed by atoms with Crippen molar-refractivity contribution in [3.05, 3.63) is 57.7 Å². The Labute approximate surface area is 187 Å². The lowest BCUT2D eigenvalue weighted by molar-refractivity contribution is -0.116. The number of carbonyl (C=O) groups excluding carboxylic acids is 1. The molecule has 1 atom stereocenters. The number of ether oxygens (including phenoxy) is 1. The molecular weight excluding hydrogens is 470 g/mol. The van der Waals surface area contributed by atoms with Crippen molar-refractivity contribution in [2.75, 3.05) is 23.8 Å². The normalized spacial score (nSPS) is 14.9. The fraction of sp³-hybridized carbons (Fsp3) is 0.238. The van der Waals surface area contributed by atoms with E-state index in [4.69, 9.17) is 22.1 Å². The van der Waals surface area contributed by atoms with E-state index >= 15 is 0 Å². The maximum Gasteiger partial charge on any atom is 0.247 e. The number of fused-ring (bicyclic) bond motifs is 1. The van der Waals surface area contributed by atoms with Crippen LogP contribution in [0.25, 0.3) is 11.3 Å². The predicted molar refractivity (Wildman–Crippen MR) is 122 cm³/mol. The number of nitrogens with one attached hydrogen (secondary N) is 2. The fourth-order valence-corrected chi connectivity index (χ4v) is 4.24. The molecule has 0 spiro atoms. The van der Waals surface area contributed by atoms with Gasteiger partial charge in [-0.2, -0.15) is 5.10 Å². The number of hydrogen-bond donors (Lipinski definition) is 3. The van der Waals surface area contributed by atoms with Gasteiger partial charge in [-0.3, -0.25) is 9.48 Å². The Kier molecular flexibility index (Phi) is 5.99. The van der Waals surface area contributed by atoms with Crippen LogP contribution in [0.15, 0.2) is 47.1 Å². The van der Waals surface area contributed by atoms with Gasteiger partial charge in [0.25, 0.3) is 0 Å². The number of anilines is 2. The summed E-state index contributed by atoms with van der Waals surface area (Å²) in [5, 5.41) is 11.2. The molecule has 1 amide bonds.